The second kappa shape index (κ2) is 8.68. The number of anilines is 1. The third-order valence-corrected chi connectivity index (χ3v) is 7.21. The van der Waals surface area contributed by atoms with Crippen molar-refractivity contribution in [1.29, 1.82) is 0 Å². The van der Waals surface area contributed by atoms with Gasteiger partial charge in [-0.2, -0.15) is 4.31 Å². The largest absolute Gasteiger partial charge is 0.379 e. The number of hydrogen-bond acceptors (Lipinski definition) is 5. The fourth-order valence-electron chi connectivity index (χ4n) is 3.72. The van der Waals surface area contributed by atoms with Crippen LogP contribution in [0.5, 0.6) is 0 Å². The highest BCUT2D eigenvalue weighted by Crippen LogP contribution is 2.24. The zero-order valence-corrected chi connectivity index (χ0v) is 16.9. The van der Waals surface area contributed by atoms with Gasteiger partial charge in [0, 0.05) is 25.3 Å². The number of nitrogens with one attached hydrogen (secondary N) is 1. The summed E-state index contributed by atoms with van der Waals surface area (Å²) in [5.74, 6) is 0.499. The van der Waals surface area contributed by atoms with Gasteiger partial charge in [0.15, 0.2) is 0 Å². The lowest BCUT2D eigenvalue weighted by molar-refractivity contribution is -0.117. The summed E-state index contributed by atoms with van der Waals surface area (Å²) in [7, 11) is -3.59. The Labute approximate surface area is 161 Å². The summed E-state index contributed by atoms with van der Waals surface area (Å²) in [5, 5.41) is 2.86. The van der Waals surface area contributed by atoms with Crippen LogP contribution >= 0.6 is 0 Å². The number of likely N-dealkylation sites (tertiary alicyclic amines) is 1. The second-order valence-corrected chi connectivity index (χ2v) is 9.43. The maximum atomic E-state index is 12.9. The van der Waals surface area contributed by atoms with Crippen LogP contribution in [0.3, 0.4) is 0 Å². The van der Waals surface area contributed by atoms with E-state index < -0.39 is 10.0 Å². The number of rotatable bonds is 5. The number of carbonyl (C=O) groups is 1. The molecule has 1 N–H and O–H groups in total. The van der Waals surface area contributed by atoms with Gasteiger partial charge in [0.1, 0.15) is 0 Å². The fraction of sp³-hybridized carbons (Fsp3) is 0.632. The first kappa shape index (κ1) is 20.3. The third-order valence-electron chi connectivity index (χ3n) is 5.17. The van der Waals surface area contributed by atoms with Gasteiger partial charge in [0.2, 0.25) is 15.9 Å². The molecule has 0 radical (unpaired) electrons. The summed E-state index contributed by atoms with van der Waals surface area (Å²) in [6.07, 6.45) is 2.32. The molecule has 0 aromatic heterocycles. The molecule has 2 fully saturated rings. The molecule has 0 bridgehead atoms. The summed E-state index contributed by atoms with van der Waals surface area (Å²) in [5.41, 5.74) is 1.19. The van der Waals surface area contributed by atoms with E-state index in [1.54, 1.807) is 25.1 Å². The molecule has 1 atom stereocenters. The van der Waals surface area contributed by atoms with Gasteiger partial charge in [-0.25, -0.2) is 8.42 Å². The van der Waals surface area contributed by atoms with Crippen molar-refractivity contribution in [1.82, 2.24) is 9.21 Å². The van der Waals surface area contributed by atoms with E-state index in [1.807, 2.05) is 0 Å². The molecule has 1 amide bonds. The van der Waals surface area contributed by atoms with Gasteiger partial charge in [-0.05, 0) is 49.9 Å². The number of nitrogens with zero attached hydrogens (tertiary/aromatic N) is 2. The Kier molecular flexibility index (Phi) is 6.52. The van der Waals surface area contributed by atoms with Gasteiger partial charge in [-0.3, -0.25) is 9.69 Å². The van der Waals surface area contributed by atoms with Gasteiger partial charge < -0.3 is 10.1 Å². The van der Waals surface area contributed by atoms with Gasteiger partial charge in [-0.1, -0.05) is 13.0 Å². The normalized spacial score (nSPS) is 22.5. The predicted octanol–water partition coefficient (Wildman–Crippen LogP) is 1.69. The summed E-state index contributed by atoms with van der Waals surface area (Å²) in [6, 6.07) is 5.06. The average molecular weight is 396 g/mol. The van der Waals surface area contributed by atoms with Crippen LogP contribution in [0.4, 0.5) is 5.69 Å². The van der Waals surface area contributed by atoms with Crippen molar-refractivity contribution < 1.29 is 17.9 Å². The Morgan fingerprint density at radius 1 is 1.26 bits per heavy atom. The molecule has 1 aromatic rings. The summed E-state index contributed by atoms with van der Waals surface area (Å²) < 4.78 is 32.6. The number of amides is 1. The first-order valence-corrected chi connectivity index (χ1v) is 11.0. The third kappa shape index (κ3) is 5.07. The average Bonchev–Trinajstić information content (AvgIpc) is 2.64. The van der Waals surface area contributed by atoms with Crippen molar-refractivity contribution in [3.8, 4) is 0 Å². The number of piperidine rings is 1. The van der Waals surface area contributed by atoms with Crippen molar-refractivity contribution in [3.05, 3.63) is 23.8 Å². The monoisotopic (exact) mass is 395 g/mol. The van der Waals surface area contributed by atoms with Crippen LogP contribution in [-0.4, -0.2) is 69.5 Å². The maximum absolute atomic E-state index is 12.9. The minimum absolute atomic E-state index is 0.109. The van der Waals surface area contributed by atoms with Crippen LogP contribution in [0.2, 0.25) is 0 Å². The Bertz CT molecular complexity index is 775. The lowest BCUT2D eigenvalue weighted by Gasteiger charge is -2.30. The highest BCUT2D eigenvalue weighted by atomic mass is 32.2. The lowest BCUT2D eigenvalue weighted by Crippen LogP contribution is -2.41. The van der Waals surface area contributed by atoms with Crippen LogP contribution in [0.25, 0.3) is 0 Å². The molecule has 150 valence electrons. The predicted molar refractivity (Wildman–Crippen MR) is 104 cm³/mol. The maximum Gasteiger partial charge on any atom is 0.243 e. The summed E-state index contributed by atoms with van der Waals surface area (Å²) >= 11 is 0. The molecule has 2 saturated heterocycles. The molecule has 7 nitrogen and oxygen atoms in total. The topological polar surface area (TPSA) is 79.0 Å². The molecule has 1 aromatic carbocycles. The molecule has 2 aliphatic heterocycles. The number of morpholine rings is 1. The summed E-state index contributed by atoms with van der Waals surface area (Å²) in [4.78, 5) is 14.8. The van der Waals surface area contributed by atoms with E-state index in [1.165, 1.54) is 10.7 Å². The zero-order chi connectivity index (χ0) is 19.4. The van der Waals surface area contributed by atoms with Crippen LogP contribution in [0, 0.1) is 12.8 Å². The van der Waals surface area contributed by atoms with E-state index >= 15 is 0 Å². The van der Waals surface area contributed by atoms with E-state index in [0.717, 1.165) is 19.5 Å². The minimum Gasteiger partial charge on any atom is -0.379 e. The Hall–Kier alpha value is -1.48. The number of hydrogen-bond donors (Lipinski definition) is 1. The molecule has 2 heterocycles. The van der Waals surface area contributed by atoms with E-state index in [9.17, 15) is 13.2 Å². The Morgan fingerprint density at radius 2 is 2.00 bits per heavy atom. The van der Waals surface area contributed by atoms with Crippen molar-refractivity contribution >= 4 is 21.6 Å². The minimum atomic E-state index is -3.59. The number of sulfonamides is 1. The van der Waals surface area contributed by atoms with Crippen LogP contribution in [0.15, 0.2) is 23.1 Å². The Morgan fingerprint density at radius 3 is 2.70 bits per heavy atom. The van der Waals surface area contributed by atoms with Crippen molar-refractivity contribution in [2.24, 2.45) is 5.92 Å². The number of aryl methyl sites for hydroxylation is 1. The number of carbonyl (C=O) groups excluding carboxylic acids is 1. The molecular formula is C19H29N3O4S. The van der Waals surface area contributed by atoms with Crippen LogP contribution < -0.4 is 5.32 Å². The van der Waals surface area contributed by atoms with Crippen molar-refractivity contribution in [2.45, 2.75) is 31.6 Å². The van der Waals surface area contributed by atoms with Crippen LogP contribution in [-0.2, 0) is 19.6 Å². The first-order chi connectivity index (χ1) is 12.9. The van der Waals surface area contributed by atoms with E-state index in [-0.39, 0.29) is 10.8 Å². The van der Waals surface area contributed by atoms with E-state index in [4.69, 9.17) is 4.74 Å². The van der Waals surface area contributed by atoms with Crippen molar-refractivity contribution in [2.75, 3.05) is 51.3 Å². The standard InChI is InChI=1S/C19H29N3O4S/c1-15-4-3-7-21(13-15)14-19(23)20-17-6-5-16(2)18(12-17)27(24,25)22-8-10-26-11-9-22/h5-6,12,15H,3-4,7-11,13-14H2,1-2H3,(H,20,23)/t15-/m1/s1. The highest BCUT2D eigenvalue weighted by Gasteiger charge is 2.28. The molecule has 27 heavy (non-hydrogen) atoms. The van der Waals surface area contributed by atoms with E-state index in [0.29, 0.717) is 50.0 Å². The highest BCUT2D eigenvalue weighted by molar-refractivity contribution is 7.89. The molecular weight excluding hydrogens is 366 g/mol. The summed E-state index contributed by atoms with van der Waals surface area (Å²) in [6.45, 7) is 7.69. The smallest absolute Gasteiger partial charge is 0.243 e. The SMILES string of the molecule is Cc1ccc(NC(=O)CN2CCC[C@@H](C)C2)cc1S(=O)(=O)N1CCOCC1. The molecule has 0 saturated carbocycles. The van der Waals surface area contributed by atoms with Gasteiger partial charge >= 0.3 is 0 Å². The van der Waals surface area contributed by atoms with Crippen LogP contribution in [0.1, 0.15) is 25.3 Å². The second-order valence-electron chi connectivity index (χ2n) is 7.53. The molecule has 3 rings (SSSR count). The zero-order valence-electron chi connectivity index (χ0n) is 16.1. The molecule has 0 aliphatic carbocycles. The molecule has 0 unspecified atom stereocenters. The number of benzene rings is 1. The van der Waals surface area contributed by atoms with E-state index in [2.05, 4.69) is 17.1 Å². The van der Waals surface area contributed by atoms with Gasteiger partial charge in [0.25, 0.3) is 0 Å². The first-order valence-electron chi connectivity index (χ1n) is 9.57. The Balaban J connectivity index is 1.70. The van der Waals surface area contributed by atoms with Gasteiger partial charge in [0.05, 0.1) is 24.7 Å². The quantitative estimate of drug-likeness (QED) is 0.821. The molecule has 0 spiro atoms. The fourth-order valence-corrected chi connectivity index (χ4v) is 5.37. The van der Waals surface area contributed by atoms with Crippen molar-refractivity contribution in [3.63, 3.8) is 0 Å². The molecule has 8 heteroatoms. The molecule has 2 aliphatic rings. The lowest BCUT2D eigenvalue weighted by atomic mass is 10.0. The number of ether oxygens (including phenoxy) is 1. The van der Waals surface area contributed by atoms with Gasteiger partial charge in [-0.15, -0.1) is 0 Å².